The van der Waals surface area contributed by atoms with Gasteiger partial charge in [0.05, 0.1) is 27.9 Å². The van der Waals surface area contributed by atoms with Gasteiger partial charge in [0.15, 0.2) is 44.4 Å². The minimum absolute atomic E-state index is 0.0605. The second kappa shape index (κ2) is 13.8. The number of rotatable bonds is 15. The Balaban J connectivity index is 1.91. The van der Waals surface area contributed by atoms with E-state index in [2.05, 4.69) is 0 Å². The number of hydrogen-bond acceptors (Lipinski definition) is 9. The normalized spacial score (nSPS) is 11.0. The fourth-order valence-electron chi connectivity index (χ4n) is 3.96. The number of ketones is 2. The van der Waals surface area contributed by atoms with Crippen LogP contribution in [-0.4, -0.2) is 54.2 Å². The number of ether oxygens (including phenoxy) is 5. The minimum Gasteiger partial charge on any atom is -0.493 e. The summed E-state index contributed by atoms with van der Waals surface area (Å²) < 4.78 is 53.1. The summed E-state index contributed by atoms with van der Waals surface area (Å²) in [7, 11) is 0.563. The van der Waals surface area contributed by atoms with Crippen molar-refractivity contribution < 1.29 is 41.7 Å². The number of benzene rings is 3. The summed E-state index contributed by atoms with van der Waals surface area (Å²) in [6, 6.07) is 15.1. The Labute approximate surface area is 234 Å². The highest BCUT2D eigenvalue weighted by atomic mass is 32.2. The van der Waals surface area contributed by atoms with Crippen molar-refractivity contribution >= 4 is 21.4 Å². The van der Waals surface area contributed by atoms with E-state index < -0.39 is 15.6 Å². The first kappa shape index (κ1) is 30.5. The lowest BCUT2D eigenvalue weighted by atomic mass is 10.0. The van der Waals surface area contributed by atoms with Gasteiger partial charge < -0.3 is 23.7 Å². The zero-order valence-corrected chi connectivity index (χ0v) is 24.1. The van der Waals surface area contributed by atoms with Crippen LogP contribution in [0.5, 0.6) is 28.7 Å². The van der Waals surface area contributed by atoms with Crippen molar-refractivity contribution in [1.29, 1.82) is 0 Å². The van der Waals surface area contributed by atoms with Crippen LogP contribution in [-0.2, 0) is 16.4 Å². The summed E-state index contributed by atoms with van der Waals surface area (Å²) in [4.78, 5) is 26.1. The molecule has 0 fully saturated rings. The molecule has 0 bridgehead atoms. The van der Waals surface area contributed by atoms with Gasteiger partial charge in [-0.1, -0.05) is 37.3 Å². The van der Waals surface area contributed by atoms with Gasteiger partial charge in [0, 0.05) is 30.2 Å². The molecule has 3 aromatic carbocycles. The maximum Gasteiger partial charge on any atom is 0.203 e. The van der Waals surface area contributed by atoms with E-state index in [-0.39, 0.29) is 59.4 Å². The number of hydrogen-bond donors (Lipinski definition) is 0. The first-order valence-electron chi connectivity index (χ1n) is 12.7. The number of sulfone groups is 1. The average molecular weight is 571 g/mol. The van der Waals surface area contributed by atoms with Crippen LogP contribution in [0.15, 0.2) is 59.5 Å². The monoisotopic (exact) mass is 570 g/mol. The highest BCUT2D eigenvalue weighted by molar-refractivity contribution is 7.90. The van der Waals surface area contributed by atoms with Crippen molar-refractivity contribution in [2.45, 2.75) is 37.7 Å². The third kappa shape index (κ3) is 7.53. The predicted molar refractivity (Wildman–Crippen MR) is 150 cm³/mol. The molecule has 0 saturated heterocycles. The summed E-state index contributed by atoms with van der Waals surface area (Å²) in [6.45, 7) is 2.30. The summed E-state index contributed by atoms with van der Waals surface area (Å²) in [5, 5.41) is 0. The molecule has 0 radical (unpaired) electrons. The molecule has 0 N–H and O–H groups in total. The van der Waals surface area contributed by atoms with Gasteiger partial charge in [-0.05, 0) is 36.2 Å². The molecule has 0 atom stereocenters. The standard InChI is InChI=1S/C30H34O9S/c1-6-14-38-30-27(39-19-20-10-8-7-9-11-20)17-22(18-28(30)40(5,33)34)24(32)13-12-23(31)21-15-25(35-2)29(37-4)26(16-21)36-3/h7-11,15-18H,6,12-14,19H2,1-5H3. The van der Waals surface area contributed by atoms with E-state index in [1.54, 1.807) is 0 Å². The molecule has 9 nitrogen and oxygen atoms in total. The zero-order valence-electron chi connectivity index (χ0n) is 23.3. The Bertz CT molecular complexity index is 1420. The number of carbonyl (C=O) groups is 2. The Hall–Kier alpha value is -4.05. The molecule has 0 amide bonds. The molecule has 3 rings (SSSR count). The van der Waals surface area contributed by atoms with Crippen molar-refractivity contribution in [3.8, 4) is 28.7 Å². The summed E-state index contributed by atoms with van der Waals surface area (Å²) >= 11 is 0. The Morgan fingerprint density at radius 2 is 1.27 bits per heavy atom. The molecule has 0 unspecified atom stereocenters. The van der Waals surface area contributed by atoms with Crippen molar-refractivity contribution in [3.63, 3.8) is 0 Å². The van der Waals surface area contributed by atoms with E-state index in [4.69, 9.17) is 23.7 Å². The highest BCUT2D eigenvalue weighted by Gasteiger charge is 2.24. The zero-order chi connectivity index (χ0) is 29.3. The van der Waals surface area contributed by atoms with Crippen LogP contribution in [0.4, 0.5) is 0 Å². The molecule has 0 aliphatic rings. The molecule has 0 heterocycles. The Kier molecular flexibility index (Phi) is 10.6. The highest BCUT2D eigenvalue weighted by Crippen LogP contribution is 2.39. The second-order valence-electron chi connectivity index (χ2n) is 8.96. The quantitative estimate of drug-likeness (QED) is 0.224. The molecule has 0 aliphatic carbocycles. The van der Waals surface area contributed by atoms with E-state index in [1.807, 2.05) is 37.3 Å². The SMILES string of the molecule is CCCOc1c(OCc2ccccc2)cc(C(=O)CCC(=O)c2cc(OC)c(OC)c(OC)c2)cc1S(C)(=O)=O. The Morgan fingerprint density at radius 3 is 1.77 bits per heavy atom. The van der Waals surface area contributed by atoms with Gasteiger partial charge in [-0.2, -0.15) is 0 Å². The molecular weight excluding hydrogens is 536 g/mol. The summed E-state index contributed by atoms with van der Waals surface area (Å²) in [5.41, 5.74) is 1.25. The molecular formula is C30H34O9S. The van der Waals surface area contributed by atoms with Crippen molar-refractivity contribution in [2.24, 2.45) is 0 Å². The Morgan fingerprint density at radius 1 is 0.725 bits per heavy atom. The van der Waals surface area contributed by atoms with Crippen LogP contribution in [0, 0.1) is 0 Å². The smallest absolute Gasteiger partial charge is 0.203 e. The molecule has 0 aromatic heterocycles. The molecule has 40 heavy (non-hydrogen) atoms. The molecule has 0 aliphatic heterocycles. The molecule has 3 aromatic rings. The van der Waals surface area contributed by atoms with Crippen molar-refractivity contribution in [3.05, 3.63) is 71.3 Å². The van der Waals surface area contributed by atoms with Gasteiger partial charge in [-0.3, -0.25) is 9.59 Å². The van der Waals surface area contributed by atoms with Gasteiger partial charge in [0.1, 0.15) is 11.5 Å². The number of carbonyl (C=O) groups excluding carboxylic acids is 2. The minimum atomic E-state index is -3.79. The summed E-state index contributed by atoms with van der Waals surface area (Å²) in [6.07, 6.45) is 1.40. The number of Topliss-reactive ketones (excluding diaryl/α,β-unsaturated/α-hetero) is 2. The van der Waals surface area contributed by atoms with E-state index >= 15 is 0 Å². The lowest BCUT2D eigenvalue weighted by molar-refractivity contribution is 0.0916. The van der Waals surface area contributed by atoms with Gasteiger partial charge in [0.2, 0.25) is 5.75 Å². The lowest BCUT2D eigenvalue weighted by Crippen LogP contribution is -2.11. The van der Waals surface area contributed by atoms with Gasteiger partial charge in [-0.25, -0.2) is 8.42 Å². The van der Waals surface area contributed by atoms with Crippen LogP contribution in [0.1, 0.15) is 52.5 Å². The topological polar surface area (TPSA) is 114 Å². The van der Waals surface area contributed by atoms with Crippen LogP contribution >= 0.6 is 0 Å². The third-order valence-electron chi connectivity index (χ3n) is 6.00. The fourth-order valence-corrected chi connectivity index (χ4v) is 4.80. The van der Waals surface area contributed by atoms with Crippen molar-refractivity contribution in [2.75, 3.05) is 34.2 Å². The van der Waals surface area contributed by atoms with E-state index in [9.17, 15) is 18.0 Å². The predicted octanol–water partition coefficient (Wildman–Crippen LogP) is 5.33. The van der Waals surface area contributed by atoms with E-state index in [1.165, 1.54) is 45.6 Å². The van der Waals surface area contributed by atoms with Crippen LogP contribution in [0.3, 0.4) is 0 Å². The van der Waals surface area contributed by atoms with Gasteiger partial charge in [0.25, 0.3) is 0 Å². The maximum atomic E-state index is 13.2. The second-order valence-corrected chi connectivity index (χ2v) is 10.9. The molecule has 0 spiro atoms. The molecule has 10 heteroatoms. The van der Waals surface area contributed by atoms with Crippen LogP contribution in [0.2, 0.25) is 0 Å². The maximum absolute atomic E-state index is 13.2. The third-order valence-corrected chi connectivity index (χ3v) is 7.10. The molecule has 0 saturated carbocycles. The fraction of sp³-hybridized carbons (Fsp3) is 0.333. The van der Waals surface area contributed by atoms with Crippen molar-refractivity contribution in [1.82, 2.24) is 0 Å². The first-order valence-corrected chi connectivity index (χ1v) is 14.6. The van der Waals surface area contributed by atoms with E-state index in [0.29, 0.717) is 23.7 Å². The van der Waals surface area contributed by atoms with E-state index in [0.717, 1.165) is 11.8 Å². The molecule has 214 valence electrons. The van der Waals surface area contributed by atoms with Crippen LogP contribution < -0.4 is 23.7 Å². The van der Waals surface area contributed by atoms with Crippen LogP contribution in [0.25, 0.3) is 0 Å². The largest absolute Gasteiger partial charge is 0.493 e. The average Bonchev–Trinajstić information content (AvgIpc) is 2.96. The van der Waals surface area contributed by atoms with Gasteiger partial charge >= 0.3 is 0 Å². The number of methoxy groups -OCH3 is 3. The van der Waals surface area contributed by atoms with Gasteiger partial charge in [-0.15, -0.1) is 0 Å². The lowest BCUT2D eigenvalue weighted by Gasteiger charge is -2.17. The summed E-state index contributed by atoms with van der Waals surface area (Å²) in [5.74, 6) is 0.440. The first-order chi connectivity index (χ1) is 19.1.